The first-order valence-corrected chi connectivity index (χ1v) is 18.8. The zero-order valence-electron chi connectivity index (χ0n) is 31.5. The van der Waals surface area contributed by atoms with Crippen LogP contribution in [0.2, 0.25) is 0 Å². The molecule has 0 spiro atoms. The van der Waals surface area contributed by atoms with Crippen molar-refractivity contribution in [2.24, 2.45) is 0 Å². The van der Waals surface area contributed by atoms with Crippen LogP contribution >= 0.6 is 0 Å². The molecule has 4 rings (SSSR count). The molecule has 2 saturated heterocycles. The number of benzene rings is 2. The number of piperidine rings is 2. The molecule has 0 atom stereocenters. The molecule has 0 saturated carbocycles. The lowest BCUT2D eigenvalue weighted by Crippen LogP contribution is -2.44. The highest BCUT2D eigenvalue weighted by atomic mass is 32.2. The number of ether oxygens (including phenoxy) is 5. The van der Waals surface area contributed by atoms with Crippen molar-refractivity contribution in [1.29, 1.82) is 0 Å². The molecule has 2 aliphatic heterocycles. The van der Waals surface area contributed by atoms with Gasteiger partial charge in [-0.15, -0.1) is 26.3 Å². The summed E-state index contributed by atoms with van der Waals surface area (Å²) in [5.74, 6) is -0.283. The van der Waals surface area contributed by atoms with Crippen LogP contribution in [0.15, 0.2) is 48.5 Å². The molecule has 0 bridgehead atoms. The topological polar surface area (TPSA) is 150 Å². The number of halogens is 6. The summed E-state index contributed by atoms with van der Waals surface area (Å²) >= 11 is 0. The Balaban J connectivity index is 0.000000305. The van der Waals surface area contributed by atoms with Gasteiger partial charge in [0.15, 0.2) is 0 Å². The summed E-state index contributed by atoms with van der Waals surface area (Å²) in [5.41, 5.74) is -1.05. The smallest absolute Gasteiger partial charge is 0.508 e. The van der Waals surface area contributed by atoms with Gasteiger partial charge in [0.05, 0.1) is 12.4 Å². The number of phenolic OH excluding ortho intramolecular Hbond substituents is 1. The highest BCUT2D eigenvalue weighted by Gasteiger charge is 2.33. The van der Waals surface area contributed by atoms with Crippen LogP contribution in [0, 0.1) is 0 Å². The average Bonchev–Trinajstić information content (AvgIpc) is 3.01. The summed E-state index contributed by atoms with van der Waals surface area (Å²) in [6.07, 6.45) is -7.24. The Morgan fingerprint density at radius 2 is 0.945 bits per heavy atom. The second-order valence-electron chi connectivity index (χ2n) is 14.3. The Morgan fingerprint density at radius 3 is 1.27 bits per heavy atom. The van der Waals surface area contributed by atoms with Crippen molar-refractivity contribution in [3.05, 3.63) is 48.5 Å². The Morgan fingerprint density at radius 1 is 0.618 bits per heavy atom. The molecule has 13 nitrogen and oxygen atoms in total. The molecular formula is C35H48F6N2O11S. The quantitative estimate of drug-likeness (QED) is 0.223. The number of hydrogen-bond acceptors (Lipinski definition) is 11. The summed E-state index contributed by atoms with van der Waals surface area (Å²) < 4.78 is 122. The number of amides is 2. The van der Waals surface area contributed by atoms with Crippen molar-refractivity contribution in [2.75, 3.05) is 32.4 Å². The molecular weight excluding hydrogens is 770 g/mol. The number of aromatic hydroxyl groups is 1. The van der Waals surface area contributed by atoms with Crippen molar-refractivity contribution in [3.8, 4) is 23.0 Å². The third-order valence-electron chi connectivity index (χ3n) is 6.93. The molecule has 0 radical (unpaired) electrons. The van der Waals surface area contributed by atoms with Crippen molar-refractivity contribution >= 4 is 22.3 Å². The van der Waals surface area contributed by atoms with E-state index >= 15 is 0 Å². The minimum atomic E-state index is -4.71. The lowest BCUT2D eigenvalue weighted by molar-refractivity contribution is -0.275. The second-order valence-corrected chi connectivity index (χ2v) is 15.9. The van der Waals surface area contributed by atoms with Gasteiger partial charge in [0, 0.05) is 39.0 Å². The molecule has 2 heterocycles. The van der Waals surface area contributed by atoms with E-state index in [9.17, 15) is 44.3 Å². The number of hydrogen-bond donors (Lipinski definition) is 1. The van der Waals surface area contributed by atoms with E-state index in [1.165, 1.54) is 24.3 Å². The maximum atomic E-state index is 12.1. The fraction of sp³-hybridized carbons (Fsp3) is 0.600. The highest BCUT2D eigenvalue weighted by molar-refractivity contribution is 7.86. The van der Waals surface area contributed by atoms with Crippen LogP contribution in [0.25, 0.3) is 0 Å². The van der Waals surface area contributed by atoms with Gasteiger partial charge in [0.25, 0.3) is 10.1 Å². The second kappa shape index (κ2) is 19.5. The number of likely N-dealkylation sites (tertiary alicyclic amines) is 2. The monoisotopic (exact) mass is 818 g/mol. The Hall–Kier alpha value is -4.33. The van der Waals surface area contributed by atoms with E-state index in [0.29, 0.717) is 57.6 Å². The standard InChI is InChI=1S/C17H22F3NO4.C11H21NO5S.C7H5F3O2/c1-16(2,3)25-15(22)21-10-8-13(9-11-21)23-12-4-6-14(7-5-12)24-17(18,19)20;1-11(2,3)16-10(13)12-7-5-9(6-8-12)17-18(4,14)15;8-7(9,10)12-6-3-1-5(11)2-4-6/h4-7,13H,8-11H2,1-3H3;9H,5-8H2,1-4H3;1-4,11H. The highest BCUT2D eigenvalue weighted by Crippen LogP contribution is 2.27. The number of carbonyl (C=O) groups is 2. The molecule has 0 unspecified atom stereocenters. The third-order valence-corrected chi connectivity index (χ3v) is 7.55. The van der Waals surface area contributed by atoms with Gasteiger partial charge in [-0.05, 0) is 103 Å². The lowest BCUT2D eigenvalue weighted by atomic mass is 10.1. The maximum absolute atomic E-state index is 12.1. The van der Waals surface area contributed by atoms with Gasteiger partial charge < -0.3 is 38.6 Å². The van der Waals surface area contributed by atoms with E-state index in [4.69, 9.17) is 23.5 Å². The first kappa shape index (κ1) is 46.8. The molecule has 1 N–H and O–H groups in total. The Kier molecular flexibility index (Phi) is 16.6. The molecule has 0 aliphatic carbocycles. The van der Waals surface area contributed by atoms with Crippen molar-refractivity contribution in [2.45, 2.75) is 103 Å². The molecule has 2 aromatic rings. The zero-order chi connectivity index (χ0) is 41.8. The van der Waals surface area contributed by atoms with Crippen molar-refractivity contribution in [1.82, 2.24) is 9.80 Å². The van der Waals surface area contributed by atoms with Gasteiger partial charge in [0.2, 0.25) is 0 Å². The van der Waals surface area contributed by atoms with Crippen molar-refractivity contribution < 1.29 is 77.3 Å². The predicted molar refractivity (Wildman–Crippen MR) is 186 cm³/mol. The largest absolute Gasteiger partial charge is 0.573 e. The molecule has 2 fully saturated rings. The number of alkyl halides is 6. The summed E-state index contributed by atoms with van der Waals surface area (Å²) in [5, 5.41) is 8.72. The summed E-state index contributed by atoms with van der Waals surface area (Å²) in [6, 6.07) is 9.56. The van der Waals surface area contributed by atoms with Gasteiger partial charge in [-0.25, -0.2) is 9.59 Å². The lowest BCUT2D eigenvalue weighted by Gasteiger charge is -2.33. The molecule has 20 heteroatoms. The normalized spacial score (nSPS) is 16.1. The third kappa shape index (κ3) is 21.4. The number of nitrogens with zero attached hydrogens (tertiary/aromatic N) is 2. The number of carbonyl (C=O) groups excluding carboxylic acids is 2. The zero-order valence-corrected chi connectivity index (χ0v) is 32.3. The molecule has 2 amide bonds. The first-order chi connectivity index (χ1) is 25.1. The molecule has 0 aromatic heterocycles. The minimum Gasteiger partial charge on any atom is -0.508 e. The summed E-state index contributed by atoms with van der Waals surface area (Å²) in [6.45, 7) is 12.8. The van der Waals surface area contributed by atoms with Crippen LogP contribution in [0.3, 0.4) is 0 Å². The predicted octanol–water partition coefficient (Wildman–Crippen LogP) is 8.02. The van der Waals surface area contributed by atoms with Crippen LogP contribution in [0.4, 0.5) is 35.9 Å². The van der Waals surface area contributed by atoms with Crippen LogP contribution in [0.1, 0.15) is 67.2 Å². The number of rotatable bonds is 6. The van der Waals surface area contributed by atoms with Crippen LogP contribution in [-0.2, 0) is 23.8 Å². The summed E-state index contributed by atoms with van der Waals surface area (Å²) in [7, 11) is -3.42. The fourth-order valence-corrected chi connectivity index (χ4v) is 5.44. The van der Waals surface area contributed by atoms with Crippen molar-refractivity contribution in [3.63, 3.8) is 0 Å². The minimum absolute atomic E-state index is 0.104. The summed E-state index contributed by atoms with van der Waals surface area (Å²) in [4.78, 5) is 26.9. The average molecular weight is 819 g/mol. The van der Waals surface area contributed by atoms with Crippen LogP contribution in [-0.4, -0.2) is 104 Å². The first-order valence-electron chi connectivity index (χ1n) is 17.0. The van der Waals surface area contributed by atoms with Gasteiger partial charge in [0.1, 0.15) is 40.3 Å². The van der Waals surface area contributed by atoms with E-state index in [0.717, 1.165) is 30.5 Å². The molecule has 55 heavy (non-hydrogen) atoms. The fourth-order valence-electron chi connectivity index (χ4n) is 4.75. The van der Waals surface area contributed by atoms with E-state index in [1.54, 1.807) is 9.80 Å². The van der Waals surface area contributed by atoms with Crippen LogP contribution < -0.4 is 14.2 Å². The van der Waals surface area contributed by atoms with E-state index in [2.05, 4.69) is 9.47 Å². The molecule has 2 aromatic carbocycles. The molecule has 2 aliphatic rings. The Bertz CT molecular complexity index is 1590. The van der Waals surface area contributed by atoms with E-state index in [1.807, 2.05) is 41.5 Å². The van der Waals surface area contributed by atoms with Crippen LogP contribution in [0.5, 0.6) is 23.0 Å². The van der Waals surface area contributed by atoms with Gasteiger partial charge >= 0.3 is 24.9 Å². The van der Waals surface area contributed by atoms with Gasteiger partial charge in [-0.3, -0.25) is 4.18 Å². The SMILES string of the molecule is CC(C)(C)OC(=O)N1CCC(OS(C)(=O)=O)CC1.CC(C)(C)OC(=O)N1CCC(Oc2ccc(OC(F)(F)F)cc2)CC1.Oc1ccc(OC(F)(F)F)cc1. The van der Waals surface area contributed by atoms with Gasteiger partial charge in [-0.1, -0.05) is 0 Å². The van der Waals surface area contributed by atoms with E-state index in [-0.39, 0.29) is 41.6 Å². The number of phenols is 1. The Labute approximate surface area is 316 Å². The van der Waals surface area contributed by atoms with Gasteiger partial charge in [-0.2, -0.15) is 8.42 Å². The maximum Gasteiger partial charge on any atom is 0.573 e. The van der Waals surface area contributed by atoms with E-state index < -0.39 is 34.0 Å². The molecule has 312 valence electrons.